The molecule has 0 aromatic heterocycles. The number of rotatable bonds is 2. The molecule has 13 heavy (non-hydrogen) atoms. The summed E-state index contributed by atoms with van der Waals surface area (Å²) < 4.78 is 0. The van der Waals surface area contributed by atoms with Gasteiger partial charge in [-0.15, -0.1) is 0 Å². The first kappa shape index (κ1) is 8.25. The summed E-state index contributed by atoms with van der Waals surface area (Å²) in [6.07, 6.45) is 8.02. The van der Waals surface area contributed by atoms with E-state index in [1.54, 1.807) is 0 Å². The predicted molar refractivity (Wildman–Crippen MR) is 51.5 cm³/mol. The van der Waals surface area contributed by atoms with Gasteiger partial charge in [0.2, 0.25) is 0 Å². The first-order valence-electron chi connectivity index (χ1n) is 5.65. The third kappa shape index (κ3) is 1.08. The summed E-state index contributed by atoms with van der Waals surface area (Å²) in [5.74, 6) is 0. The summed E-state index contributed by atoms with van der Waals surface area (Å²) in [6, 6.07) is 0. The van der Waals surface area contributed by atoms with Crippen molar-refractivity contribution in [2.24, 2.45) is 5.41 Å². The van der Waals surface area contributed by atoms with Crippen LogP contribution in [-0.2, 0) is 0 Å². The van der Waals surface area contributed by atoms with Crippen LogP contribution in [0.1, 0.15) is 38.5 Å². The van der Waals surface area contributed by atoms with Gasteiger partial charge in [0.25, 0.3) is 0 Å². The minimum atomic E-state index is 0.216. The Morgan fingerprint density at radius 1 is 1.00 bits per heavy atom. The third-order valence-corrected chi connectivity index (χ3v) is 4.51. The molecular weight excluding hydrogens is 162 g/mol. The standard InChI is InChI=1S/C11H19NO/c13-9-11(3-1-2-4-11)12-7-10(8-12)5-6-10/h13H,1-9H2. The molecule has 1 aliphatic heterocycles. The molecule has 0 bridgehead atoms. The quantitative estimate of drug-likeness (QED) is 0.696. The molecule has 1 spiro atoms. The summed E-state index contributed by atoms with van der Waals surface area (Å²) in [6.45, 7) is 2.96. The number of hydrogen-bond donors (Lipinski definition) is 1. The lowest BCUT2D eigenvalue weighted by Crippen LogP contribution is -2.61. The fourth-order valence-electron chi connectivity index (χ4n) is 3.20. The van der Waals surface area contributed by atoms with E-state index in [2.05, 4.69) is 4.90 Å². The summed E-state index contributed by atoms with van der Waals surface area (Å²) in [5, 5.41) is 9.50. The summed E-state index contributed by atoms with van der Waals surface area (Å²) in [7, 11) is 0. The van der Waals surface area contributed by atoms with Gasteiger partial charge in [-0.3, -0.25) is 4.90 Å². The highest BCUT2D eigenvalue weighted by molar-refractivity contribution is 5.11. The van der Waals surface area contributed by atoms with Crippen molar-refractivity contribution in [3.63, 3.8) is 0 Å². The summed E-state index contributed by atoms with van der Waals surface area (Å²) in [4.78, 5) is 2.56. The van der Waals surface area contributed by atoms with E-state index >= 15 is 0 Å². The fourth-order valence-corrected chi connectivity index (χ4v) is 3.20. The van der Waals surface area contributed by atoms with E-state index in [0.29, 0.717) is 6.61 Å². The van der Waals surface area contributed by atoms with E-state index in [-0.39, 0.29) is 5.54 Å². The van der Waals surface area contributed by atoms with Gasteiger partial charge in [-0.25, -0.2) is 0 Å². The molecule has 1 heterocycles. The Labute approximate surface area is 79.9 Å². The van der Waals surface area contributed by atoms with E-state index in [1.165, 1.54) is 51.6 Å². The lowest BCUT2D eigenvalue weighted by Gasteiger charge is -2.51. The normalized spacial score (nSPS) is 34.8. The largest absolute Gasteiger partial charge is 0.394 e. The van der Waals surface area contributed by atoms with Gasteiger partial charge in [0.15, 0.2) is 0 Å². The van der Waals surface area contributed by atoms with Crippen LogP contribution >= 0.6 is 0 Å². The molecule has 1 saturated heterocycles. The van der Waals surface area contributed by atoms with Crippen LogP contribution in [0.4, 0.5) is 0 Å². The number of aliphatic hydroxyl groups is 1. The minimum Gasteiger partial charge on any atom is -0.394 e. The van der Waals surface area contributed by atoms with Crippen LogP contribution in [-0.4, -0.2) is 35.2 Å². The van der Waals surface area contributed by atoms with E-state index in [4.69, 9.17) is 0 Å². The van der Waals surface area contributed by atoms with E-state index in [9.17, 15) is 5.11 Å². The zero-order valence-corrected chi connectivity index (χ0v) is 8.26. The lowest BCUT2D eigenvalue weighted by molar-refractivity contribution is -0.0537. The molecule has 2 heteroatoms. The van der Waals surface area contributed by atoms with Crippen molar-refractivity contribution < 1.29 is 5.11 Å². The molecule has 2 aliphatic carbocycles. The van der Waals surface area contributed by atoms with Gasteiger partial charge in [0, 0.05) is 18.6 Å². The zero-order chi connectivity index (χ0) is 8.94. The number of aliphatic hydroxyl groups excluding tert-OH is 1. The van der Waals surface area contributed by atoms with Gasteiger partial charge in [-0.2, -0.15) is 0 Å². The molecule has 74 valence electrons. The Morgan fingerprint density at radius 2 is 1.62 bits per heavy atom. The molecule has 0 radical (unpaired) electrons. The number of hydrogen-bond acceptors (Lipinski definition) is 2. The van der Waals surface area contributed by atoms with Gasteiger partial charge in [0.05, 0.1) is 6.61 Å². The van der Waals surface area contributed by atoms with Crippen LogP contribution in [0, 0.1) is 5.41 Å². The van der Waals surface area contributed by atoms with Crippen molar-refractivity contribution in [3.8, 4) is 0 Å². The van der Waals surface area contributed by atoms with Gasteiger partial charge >= 0.3 is 0 Å². The second kappa shape index (κ2) is 2.48. The fraction of sp³-hybridized carbons (Fsp3) is 1.00. The molecule has 3 fully saturated rings. The first-order chi connectivity index (χ1) is 6.29. The maximum Gasteiger partial charge on any atom is 0.0615 e. The highest BCUT2D eigenvalue weighted by Gasteiger charge is 2.57. The van der Waals surface area contributed by atoms with E-state index in [0.717, 1.165) is 5.41 Å². The SMILES string of the molecule is OCC1(N2CC3(CC3)C2)CCCC1. The van der Waals surface area contributed by atoms with E-state index < -0.39 is 0 Å². The molecule has 3 rings (SSSR count). The molecule has 0 aromatic rings. The lowest BCUT2D eigenvalue weighted by atomic mass is 9.86. The second-order valence-corrected chi connectivity index (χ2v) is 5.45. The van der Waals surface area contributed by atoms with Crippen LogP contribution in [0.25, 0.3) is 0 Å². The van der Waals surface area contributed by atoms with Crippen molar-refractivity contribution in [2.45, 2.75) is 44.1 Å². The van der Waals surface area contributed by atoms with Gasteiger partial charge in [0.1, 0.15) is 0 Å². The van der Waals surface area contributed by atoms with Crippen LogP contribution < -0.4 is 0 Å². The molecule has 1 N–H and O–H groups in total. The van der Waals surface area contributed by atoms with Crippen molar-refractivity contribution in [1.29, 1.82) is 0 Å². The zero-order valence-electron chi connectivity index (χ0n) is 8.26. The maximum absolute atomic E-state index is 9.50. The number of likely N-dealkylation sites (tertiary alicyclic amines) is 1. The monoisotopic (exact) mass is 181 g/mol. The Hall–Kier alpha value is -0.0800. The molecule has 0 atom stereocenters. The topological polar surface area (TPSA) is 23.5 Å². The molecule has 0 aromatic carbocycles. The average Bonchev–Trinajstić information content (AvgIpc) is 2.76. The van der Waals surface area contributed by atoms with Gasteiger partial charge < -0.3 is 5.11 Å². The Balaban J connectivity index is 1.68. The summed E-state index contributed by atoms with van der Waals surface area (Å²) >= 11 is 0. The highest BCUT2D eigenvalue weighted by Crippen LogP contribution is 2.56. The average molecular weight is 181 g/mol. The highest BCUT2D eigenvalue weighted by atomic mass is 16.3. The summed E-state index contributed by atoms with van der Waals surface area (Å²) in [5.41, 5.74) is 0.957. The van der Waals surface area contributed by atoms with Crippen molar-refractivity contribution in [1.82, 2.24) is 4.90 Å². The van der Waals surface area contributed by atoms with Crippen LogP contribution in [0.3, 0.4) is 0 Å². The van der Waals surface area contributed by atoms with Crippen molar-refractivity contribution in [3.05, 3.63) is 0 Å². The Morgan fingerprint density at radius 3 is 2.08 bits per heavy atom. The van der Waals surface area contributed by atoms with Crippen molar-refractivity contribution in [2.75, 3.05) is 19.7 Å². The molecule has 3 aliphatic rings. The minimum absolute atomic E-state index is 0.216. The first-order valence-corrected chi connectivity index (χ1v) is 5.65. The van der Waals surface area contributed by atoms with Gasteiger partial charge in [-0.05, 0) is 31.1 Å². The number of nitrogens with zero attached hydrogens (tertiary/aromatic N) is 1. The van der Waals surface area contributed by atoms with Crippen LogP contribution in [0.2, 0.25) is 0 Å². The van der Waals surface area contributed by atoms with Crippen molar-refractivity contribution >= 4 is 0 Å². The molecule has 0 amide bonds. The maximum atomic E-state index is 9.50. The Kier molecular flexibility index (Phi) is 1.58. The molecule has 2 saturated carbocycles. The predicted octanol–water partition coefficient (Wildman–Crippen LogP) is 1.39. The second-order valence-electron chi connectivity index (χ2n) is 5.45. The smallest absolute Gasteiger partial charge is 0.0615 e. The van der Waals surface area contributed by atoms with E-state index in [1.807, 2.05) is 0 Å². The van der Waals surface area contributed by atoms with Crippen LogP contribution in [0.5, 0.6) is 0 Å². The molecular formula is C11H19NO. The Bertz CT molecular complexity index is 208. The third-order valence-electron chi connectivity index (χ3n) is 4.51. The van der Waals surface area contributed by atoms with Crippen LogP contribution in [0.15, 0.2) is 0 Å². The molecule has 2 nitrogen and oxygen atoms in total. The molecule has 0 unspecified atom stereocenters. The van der Waals surface area contributed by atoms with Gasteiger partial charge in [-0.1, -0.05) is 12.8 Å².